The van der Waals surface area contributed by atoms with Crippen LogP contribution in [-0.2, 0) is 6.54 Å². The van der Waals surface area contributed by atoms with Crippen molar-refractivity contribution in [2.45, 2.75) is 13.5 Å². The lowest BCUT2D eigenvalue weighted by Crippen LogP contribution is -1.98. The summed E-state index contributed by atoms with van der Waals surface area (Å²) in [6.07, 6.45) is 3.50. The lowest BCUT2D eigenvalue weighted by atomic mass is 10.2. The van der Waals surface area contributed by atoms with Gasteiger partial charge in [-0.15, -0.1) is 0 Å². The molecule has 0 aliphatic carbocycles. The number of hydrogen-bond acceptors (Lipinski definition) is 2. The van der Waals surface area contributed by atoms with Gasteiger partial charge in [0.15, 0.2) is 0 Å². The SMILES string of the molecule is Cc1ccc(NCc2ccc(Cl)cc2)cc1.c1ccncc1. The van der Waals surface area contributed by atoms with Crippen molar-refractivity contribution < 1.29 is 0 Å². The number of halogens is 1. The fourth-order valence-corrected chi connectivity index (χ4v) is 1.92. The molecular formula is C19H19ClN2. The predicted molar refractivity (Wildman–Crippen MR) is 94.2 cm³/mol. The molecule has 0 saturated carbocycles. The molecule has 0 saturated heterocycles. The molecule has 1 N–H and O–H groups in total. The summed E-state index contributed by atoms with van der Waals surface area (Å²) in [5.41, 5.74) is 3.64. The lowest BCUT2D eigenvalue weighted by molar-refractivity contribution is 1.15. The van der Waals surface area contributed by atoms with Crippen LogP contribution < -0.4 is 5.32 Å². The second-order valence-electron chi connectivity index (χ2n) is 4.87. The standard InChI is InChI=1S/C14H14ClN.C5H5N/c1-11-2-8-14(9-3-11)16-10-12-4-6-13(15)7-5-12;1-2-4-6-5-3-1/h2-9,16H,10H2,1H3;1-5H. The number of nitrogens with one attached hydrogen (secondary N) is 1. The molecular weight excluding hydrogens is 292 g/mol. The van der Waals surface area contributed by atoms with Crippen molar-refractivity contribution in [1.82, 2.24) is 4.98 Å². The van der Waals surface area contributed by atoms with E-state index in [1.165, 1.54) is 11.1 Å². The van der Waals surface area contributed by atoms with Crippen molar-refractivity contribution in [2.75, 3.05) is 5.32 Å². The van der Waals surface area contributed by atoms with Crippen LogP contribution in [0.25, 0.3) is 0 Å². The van der Waals surface area contributed by atoms with Gasteiger partial charge in [-0.05, 0) is 48.9 Å². The molecule has 3 rings (SSSR count). The van der Waals surface area contributed by atoms with Crippen LogP contribution in [0, 0.1) is 6.92 Å². The van der Waals surface area contributed by atoms with E-state index in [4.69, 9.17) is 11.6 Å². The molecule has 0 aliphatic rings. The van der Waals surface area contributed by atoms with Crippen LogP contribution in [0.15, 0.2) is 79.1 Å². The van der Waals surface area contributed by atoms with Crippen LogP contribution in [0.1, 0.15) is 11.1 Å². The van der Waals surface area contributed by atoms with Gasteiger partial charge < -0.3 is 5.32 Å². The third-order valence-corrected chi connectivity index (χ3v) is 3.28. The molecule has 1 aromatic heterocycles. The molecule has 0 amide bonds. The Morgan fingerprint density at radius 3 is 2.00 bits per heavy atom. The Morgan fingerprint density at radius 2 is 1.50 bits per heavy atom. The summed E-state index contributed by atoms with van der Waals surface area (Å²) in [6, 6.07) is 22.0. The van der Waals surface area contributed by atoms with Crippen molar-refractivity contribution in [3.63, 3.8) is 0 Å². The first-order valence-electron chi connectivity index (χ1n) is 7.14. The molecule has 0 spiro atoms. The summed E-state index contributed by atoms with van der Waals surface area (Å²) < 4.78 is 0. The van der Waals surface area contributed by atoms with Crippen molar-refractivity contribution in [3.05, 3.63) is 95.3 Å². The molecule has 3 heteroatoms. The summed E-state index contributed by atoms with van der Waals surface area (Å²) in [6.45, 7) is 2.91. The molecule has 0 atom stereocenters. The molecule has 0 unspecified atom stereocenters. The van der Waals surface area contributed by atoms with Gasteiger partial charge in [-0.2, -0.15) is 0 Å². The number of benzene rings is 2. The van der Waals surface area contributed by atoms with Gasteiger partial charge in [-0.25, -0.2) is 0 Å². The van der Waals surface area contributed by atoms with E-state index in [9.17, 15) is 0 Å². The quantitative estimate of drug-likeness (QED) is 0.706. The van der Waals surface area contributed by atoms with E-state index in [-0.39, 0.29) is 0 Å². The van der Waals surface area contributed by atoms with Gasteiger partial charge >= 0.3 is 0 Å². The third-order valence-electron chi connectivity index (χ3n) is 3.03. The first-order chi connectivity index (χ1) is 10.7. The summed E-state index contributed by atoms with van der Waals surface area (Å²) in [5, 5.41) is 4.14. The second-order valence-corrected chi connectivity index (χ2v) is 5.31. The zero-order chi connectivity index (χ0) is 15.6. The minimum Gasteiger partial charge on any atom is -0.381 e. The molecule has 112 valence electrons. The van der Waals surface area contributed by atoms with Gasteiger partial charge in [0.05, 0.1) is 0 Å². The molecule has 1 heterocycles. The van der Waals surface area contributed by atoms with E-state index in [0.29, 0.717) is 0 Å². The summed E-state index contributed by atoms with van der Waals surface area (Å²) in [4.78, 5) is 3.78. The highest BCUT2D eigenvalue weighted by Crippen LogP contribution is 2.13. The van der Waals surface area contributed by atoms with E-state index in [0.717, 1.165) is 17.3 Å². The van der Waals surface area contributed by atoms with Crippen LogP contribution in [0.3, 0.4) is 0 Å². The molecule has 2 nitrogen and oxygen atoms in total. The van der Waals surface area contributed by atoms with Gasteiger partial charge in [0.2, 0.25) is 0 Å². The lowest BCUT2D eigenvalue weighted by Gasteiger charge is -2.06. The number of aryl methyl sites for hydroxylation is 1. The van der Waals surface area contributed by atoms with E-state index in [1.54, 1.807) is 12.4 Å². The number of nitrogens with zero attached hydrogens (tertiary/aromatic N) is 1. The normalized spacial score (nSPS) is 9.55. The average Bonchev–Trinajstić information content (AvgIpc) is 2.58. The number of rotatable bonds is 3. The monoisotopic (exact) mass is 310 g/mol. The fourth-order valence-electron chi connectivity index (χ4n) is 1.79. The Hall–Kier alpha value is -2.32. The van der Waals surface area contributed by atoms with E-state index in [2.05, 4.69) is 41.5 Å². The highest BCUT2D eigenvalue weighted by molar-refractivity contribution is 6.30. The first-order valence-corrected chi connectivity index (χ1v) is 7.52. The number of pyridine rings is 1. The molecule has 22 heavy (non-hydrogen) atoms. The smallest absolute Gasteiger partial charge is 0.0406 e. The molecule has 3 aromatic rings. The van der Waals surface area contributed by atoms with E-state index in [1.807, 2.05) is 42.5 Å². The number of anilines is 1. The maximum Gasteiger partial charge on any atom is 0.0406 e. The Morgan fingerprint density at radius 1 is 0.864 bits per heavy atom. The predicted octanol–water partition coefficient (Wildman–Crippen LogP) is 5.34. The van der Waals surface area contributed by atoms with Gasteiger partial charge in [0, 0.05) is 29.6 Å². The maximum absolute atomic E-state index is 5.83. The highest BCUT2D eigenvalue weighted by atomic mass is 35.5. The van der Waals surface area contributed by atoms with Crippen molar-refractivity contribution in [1.29, 1.82) is 0 Å². The topological polar surface area (TPSA) is 24.9 Å². The van der Waals surface area contributed by atoms with Crippen LogP contribution >= 0.6 is 11.6 Å². The van der Waals surface area contributed by atoms with Gasteiger partial charge in [-0.3, -0.25) is 4.98 Å². The molecule has 0 aliphatic heterocycles. The zero-order valence-corrected chi connectivity index (χ0v) is 13.3. The molecule has 0 fully saturated rings. The summed E-state index contributed by atoms with van der Waals surface area (Å²) >= 11 is 5.83. The third kappa shape index (κ3) is 5.98. The number of aromatic nitrogens is 1. The largest absolute Gasteiger partial charge is 0.381 e. The van der Waals surface area contributed by atoms with Crippen LogP contribution in [0.5, 0.6) is 0 Å². The summed E-state index contributed by atoms with van der Waals surface area (Å²) in [7, 11) is 0. The van der Waals surface area contributed by atoms with Crippen LogP contribution in [0.4, 0.5) is 5.69 Å². The van der Waals surface area contributed by atoms with Crippen molar-refractivity contribution >= 4 is 17.3 Å². The molecule has 2 aromatic carbocycles. The Labute approximate surface area is 136 Å². The highest BCUT2D eigenvalue weighted by Gasteiger charge is 1.94. The minimum atomic E-state index is 0.777. The second kappa shape index (κ2) is 8.85. The summed E-state index contributed by atoms with van der Waals surface area (Å²) in [5.74, 6) is 0. The van der Waals surface area contributed by atoms with Crippen LogP contribution in [-0.4, -0.2) is 4.98 Å². The number of hydrogen-bond donors (Lipinski definition) is 1. The maximum atomic E-state index is 5.83. The molecule has 0 bridgehead atoms. The van der Waals surface area contributed by atoms with Gasteiger partial charge in [0.25, 0.3) is 0 Å². The first kappa shape index (κ1) is 16.1. The average molecular weight is 311 g/mol. The molecule has 0 radical (unpaired) electrons. The minimum absolute atomic E-state index is 0.777. The van der Waals surface area contributed by atoms with E-state index < -0.39 is 0 Å². The van der Waals surface area contributed by atoms with Gasteiger partial charge in [0.1, 0.15) is 0 Å². The Kier molecular flexibility index (Phi) is 6.46. The Balaban J connectivity index is 0.000000246. The fraction of sp³-hybridized carbons (Fsp3) is 0.105. The van der Waals surface area contributed by atoms with Crippen molar-refractivity contribution in [3.8, 4) is 0 Å². The van der Waals surface area contributed by atoms with Crippen LogP contribution in [0.2, 0.25) is 5.02 Å². The van der Waals surface area contributed by atoms with E-state index >= 15 is 0 Å². The zero-order valence-electron chi connectivity index (χ0n) is 12.5. The van der Waals surface area contributed by atoms with Gasteiger partial charge in [-0.1, -0.05) is 47.5 Å². The van der Waals surface area contributed by atoms with Crippen molar-refractivity contribution in [2.24, 2.45) is 0 Å². The Bertz CT molecular complexity index is 577.